The third-order valence-electron chi connectivity index (χ3n) is 5.53. The first-order valence-corrected chi connectivity index (χ1v) is 12.0. The van der Waals surface area contributed by atoms with Gasteiger partial charge in [0.2, 0.25) is 9.84 Å². The van der Waals surface area contributed by atoms with E-state index < -0.39 is 9.84 Å². The van der Waals surface area contributed by atoms with E-state index in [1.54, 1.807) is 48.5 Å². The van der Waals surface area contributed by atoms with E-state index in [9.17, 15) is 8.42 Å². The normalized spacial score (nSPS) is 20.9. The van der Waals surface area contributed by atoms with E-state index in [1.165, 1.54) is 19.3 Å². The highest BCUT2D eigenvalue weighted by molar-refractivity contribution is 7.91. The molecule has 156 valence electrons. The summed E-state index contributed by atoms with van der Waals surface area (Å²) in [6, 6.07) is 13.3. The quantitative estimate of drug-likeness (QED) is 0.653. The van der Waals surface area contributed by atoms with Crippen molar-refractivity contribution in [2.75, 3.05) is 6.61 Å². The fraction of sp³-hybridized carbons (Fsp3) is 0.478. The van der Waals surface area contributed by atoms with E-state index in [0.29, 0.717) is 12.4 Å². The molecular weight excluding hydrogens is 388 g/mol. The summed E-state index contributed by atoms with van der Waals surface area (Å²) in [6.45, 7) is 0.706. The first-order valence-electron chi connectivity index (χ1n) is 10.5. The second-order valence-electron chi connectivity index (χ2n) is 7.74. The van der Waals surface area contributed by atoms with E-state index in [2.05, 4.69) is 0 Å². The summed E-state index contributed by atoms with van der Waals surface area (Å²) in [5.74, 6) is 1.35. The number of hydrogen-bond acceptors (Lipinski definition) is 5. The Kier molecular flexibility index (Phi) is 6.40. The molecule has 6 heteroatoms. The minimum absolute atomic E-state index is 0.242. The predicted molar refractivity (Wildman–Crippen MR) is 110 cm³/mol. The van der Waals surface area contributed by atoms with Crippen molar-refractivity contribution in [2.24, 2.45) is 0 Å². The topological polar surface area (TPSA) is 61.8 Å². The van der Waals surface area contributed by atoms with Gasteiger partial charge in [0.1, 0.15) is 11.5 Å². The summed E-state index contributed by atoms with van der Waals surface area (Å²) in [5, 5.41) is 0. The van der Waals surface area contributed by atoms with Crippen molar-refractivity contribution in [3.63, 3.8) is 0 Å². The molecule has 0 N–H and O–H groups in total. The van der Waals surface area contributed by atoms with Crippen LogP contribution >= 0.6 is 0 Å². The third kappa shape index (κ3) is 5.11. The van der Waals surface area contributed by atoms with E-state index in [4.69, 9.17) is 14.2 Å². The molecule has 2 aromatic carbocycles. The summed E-state index contributed by atoms with van der Waals surface area (Å²) < 4.78 is 43.2. The molecule has 1 aliphatic carbocycles. The van der Waals surface area contributed by atoms with Gasteiger partial charge in [0.25, 0.3) is 0 Å². The van der Waals surface area contributed by atoms with Crippen molar-refractivity contribution in [1.29, 1.82) is 0 Å². The van der Waals surface area contributed by atoms with E-state index in [-0.39, 0.29) is 22.2 Å². The van der Waals surface area contributed by atoms with Crippen LogP contribution in [0.2, 0.25) is 0 Å². The Balaban J connectivity index is 1.41. The maximum absolute atomic E-state index is 12.9. The maximum Gasteiger partial charge on any atom is 0.206 e. The van der Waals surface area contributed by atoms with Gasteiger partial charge in [-0.1, -0.05) is 6.42 Å². The number of benzene rings is 2. The number of ether oxygens (including phenoxy) is 3. The Bertz CT molecular complexity index is 808. The van der Waals surface area contributed by atoms with Crippen LogP contribution in [0, 0.1) is 0 Å². The van der Waals surface area contributed by atoms with Gasteiger partial charge in [0, 0.05) is 6.42 Å². The molecule has 1 atom stereocenters. The molecular formula is C23H28O5S. The van der Waals surface area contributed by atoms with Crippen LogP contribution in [-0.2, 0) is 14.6 Å². The molecule has 5 nitrogen and oxygen atoms in total. The lowest BCUT2D eigenvalue weighted by atomic mass is 9.98. The van der Waals surface area contributed by atoms with E-state index in [1.807, 2.05) is 0 Å². The summed E-state index contributed by atoms with van der Waals surface area (Å²) in [5.41, 5.74) is 0. The second kappa shape index (κ2) is 9.18. The minimum atomic E-state index is -3.58. The van der Waals surface area contributed by atoms with Crippen LogP contribution in [0.5, 0.6) is 11.5 Å². The third-order valence-corrected chi connectivity index (χ3v) is 7.31. The van der Waals surface area contributed by atoms with Crippen LogP contribution in [-0.4, -0.2) is 27.4 Å². The first-order chi connectivity index (χ1) is 14.1. The van der Waals surface area contributed by atoms with Gasteiger partial charge in [-0.2, -0.15) is 0 Å². The zero-order valence-electron chi connectivity index (χ0n) is 16.6. The van der Waals surface area contributed by atoms with Crippen LogP contribution in [0.1, 0.15) is 51.4 Å². The summed E-state index contributed by atoms with van der Waals surface area (Å²) in [4.78, 5) is 0.508. The molecule has 0 amide bonds. The smallest absolute Gasteiger partial charge is 0.206 e. The minimum Gasteiger partial charge on any atom is -0.490 e. The molecule has 1 aliphatic heterocycles. The molecule has 2 fully saturated rings. The highest BCUT2D eigenvalue weighted by Crippen LogP contribution is 2.28. The molecule has 1 heterocycles. The molecule has 29 heavy (non-hydrogen) atoms. The lowest BCUT2D eigenvalue weighted by molar-refractivity contribution is -0.105. The molecule has 0 spiro atoms. The van der Waals surface area contributed by atoms with Crippen molar-refractivity contribution < 1.29 is 22.6 Å². The van der Waals surface area contributed by atoms with E-state index >= 15 is 0 Å². The zero-order chi connectivity index (χ0) is 20.1. The van der Waals surface area contributed by atoms with Crippen LogP contribution < -0.4 is 9.47 Å². The van der Waals surface area contributed by atoms with Crippen LogP contribution in [0.3, 0.4) is 0 Å². The fourth-order valence-corrected chi connectivity index (χ4v) is 5.12. The highest BCUT2D eigenvalue weighted by atomic mass is 32.2. The zero-order valence-corrected chi connectivity index (χ0v) is 17.4. The van der Waals surface area contributed by atoms with Gasteiger partial charge in [-0.15, -0.1) is 0 Å². The van der Waals surface area contributed by atoms with Crippen molar-refractivity contribution in [3.8, 4) is 11.5 Å². The van der Waals surface area contributed by atoms with Crippen LogP contribution in [0.15, 0.2) is 58.3 Å². The average molecular weight is 417 g/mol. The Labute approximate surface area is 172 Å². The standard InChI is InChI=1S/C23H28O5S/c24-29(25,21-13-9-19(10-14-21)27-18-6-2-1-3-7-18)22-15-11-20(12-16-22)28-23-8-4-5-17-26-23/h9-16,18,23H,1-8,17H2. The summed E-state index contributed by atoms with van der Waals surface area (Å²) in [6.07, 6.45) is 8.80. The second-order valence-corrected chi connectivity index (χ2v) is 9.69. The Hall–Kier alpha value is -2.05. The monoisotopic (exact) mass is 416 g/mol. The van der Waals surface area contributed by atoms with Crippen molar-refractivity contribution in [2.45, 2.75) is 73.6 Å². The first kappa shape index (κ1) is 20.2. The highest BCUT2D eigenvalue weighted by Gasteiger charge is 2.20. The molecule has 1 unspecified atom stereocenters. The van der Waals surface area contributed by atoms with Crippen LogP contribution in [0.25, 0.3) is 0 Å². The van der Waals surface area contributed by atoms with E-state index in [0.717, 1.165) is 37.9 Å². The van der Waals surface area contributed by atoms with Gasteiger partial charge in [-0.05, 0) is 87.1 Å². The SMILES string of the molecule is O=S(=O)(c1ccc(OC2CCCCC2)cc1)c1ccc(OC2CCCCO2)cc1. The molecule has 2 aliphatic rings. The largest absolute Gasteiger partial charge is 0.490 e. The number of hydrogen-bond donors (Lipinski definition) is 0. The molecule has 0 bridgehead atoms. The molecule has 0 aromatic heterocycles. The van der Waals surface area contributed by atoms with Crippen molar-refractivity contribution in [3.05, 3.63) is 48.5 Å². The van der Waals surface area contributed by atoms with Crippen LogP contribution in [0.4, 0.5) is 0 Å². The van der Waals surface area contributed by atoms with Crippen molar-refractivity contribution >= 4 is 9.84 Å². The van der Waals surface area contributed by atoms with Gasteiger partial charge >= 0.3 is 0 Å². The number of sulfone groups is 1. The van der Waals surface area contributed by atoms with Gasteiger partial charge in [-0.25, -0.2) is 8.42 Å². The van der Waals surface area contributed by atoms with Crippen molar-refractivity contribution in [1.82, 2.24) is 0 Å². The maximum atomic E-state index is 12.9. The molecule has 0 radical (unpaired) electrons. The Morgan fingerprint density at radius 3 is 1.79 bits per heavy atom. The average Bonchev–Trinajstić information content (AvgIpc) is 2.76. The van der Waals surface area contributed by atoms with Gasteiger partial charge in [-0.3, -0.25) is 0 Å². The number of rotatable bonds is 6. The van der Waals surface area contributed by atoms with Gasteiger partial charge < -0.3 is 14.2 Å². The lowest BCUT2D eigenvalue weighted by Gasteiger charge is -2.23. The Morgan fingerprint density at radius 2 is 1.24 bits per heavy atom. The lowest BCUT2D eigenvalue weighted by Crippen LogP contribution is -2.24. The molecule has 1 saturated heterocycles. The van der Waals surface area contributed by atoms with Gasteiger partial charge in [0.05, 0.1) is 22.5 Å². The molecule has 4 rings (SSSR count). The fourth-order valence-electron chi connectivity index (χ4n) is 3.86. The molecule has 1 saturated carbocycles. The molecule has 2 aromatic rings. The summed E-state index contributed by atoms with van der Waals surface area (Å²) in [7, 11) is -3.58. The summed E-state index contributed by atoms with van der Waals surface area (Å²) >= 11 is 0. The predicted octanol–water partition coefficient (Wildman–Crippen LogP) is 5.14. The van der Waals surface area contributed by atoms with Gasteiger partial charge in [0.15, 0.2) is 6.29 Å². The Morgan fingerprint density at radius 1 is 0.690 bits per heavy atom.